The maximum atomic E-state index is 12.6. The number of hydrogen-bond acceptors (Lipinski definition) is 3. The van der Waals surface area contributed by atoms with Crippen LogP contribution >= 0.6 is 22.9 Å². The van der Waals surface area contributed by atoms with Gasteiger partial charge in [0.05, 0.1) is 21.9 Å². The molecule has 1 saturated heterocycles. The molecular formula is C14H20ClNO2S. The minimum Gasteiger partial charge on any atom is -0.388 e. The van der Waals surface area contributed by atoms with Gasteiger partial charge in [0.25, 0.3) is 0 Å². The summed E-state index contributed by atoms with van der Waals surface area (Å²) in [5.41, 5.74) is -0.848. The van der Waals surface area contributed by atoms with Crippen LogP contribution in [0.25, 0.3) is 0 Å². The number of carbonyl (C=O) groups excluding carboxylic acids is 1. The van der Waals surface area contributed by atoms with Crippen molar-refractivity contribution in [3.63, 3.8) is 0 Å². The summed E-state index contributed by atoms with van der Waals surface area (Å²) in [6, 6.07) is 3.64. The van der Waals surface area contributed by atoms with Gasteiger partial charge in [-0.25, -0.2) is 0 Å². The molecule has 106 valence electrons. The molecule has 1 amide bonds. The van der Waals surface area contributed by atoms with Gasteiger partial charge in [-0.2, -0.15) is 0 Å². The van der Waals surface area contributed by atoms with Gasteiger partial charge in [-0.1, -0.05) is 11.6 Å². The lowest BCUT2D eigenvalue weighted by Gasteiger charge is -2.35. The largest absolute Gasteiger partial charge is 0.388 e. The summed E-state index contributed by atoms with van der Waals surface area (Å²) >= 11 is 7.37. The van der Waals surface area contributed by atoms with Crippen LogP contribution in [0.4, 0.5) is 0 Å². The Hall–Kier alpha value is -0.580. The van der Waals surface area contributed by atoms with E-state index in [1.54, 1.807) is 13.8 Å². The predicted molar refractivity (Wildman–Crippen MR) is 78.8 cm³/mol. The number of rotatable bonds is 3. The number of carbonyl (C=O) groups is 1. The van der Waals surface area contributed by atoms with E-state index in [0.29, 0.717) is 4.34 Å². The smallest absolute Gasteiger partial charge is 0.231 e. The van der Waals surface area contributed by atoms with Crippen LogP contribution in [0.3, 0.4) is 0 Å². The van der Waals surface area contributed by atoms with Crippen LogP contribution in [0.1, 0.15) is 44.4 Å². The lowest BCUT2D eigenvalue weighted by Crippen LogP contribution is -2.49. The summed E-state index contributed by atoms with van der Waals surface area (Å²) in [6.07, 6.45) is 1.82. The third-order valence-corrected chi connectivity index (χ3v) is 5.16. The molecule has 0 aromatic carbocycles. The molecule has 1 aliphatic rings. The highest BCUT2D eigenvalue weighted by Crippen LogP contribution is 2.33. The molecule has 0 saturated carbocycles. The topological polar surface area (TPSA) is 40.5 Å². The Balaban J connectivity index is 2.15. The van der Waals surface area contributed by atoms with Crippen LogP contribution in [0.5, 0.6) is 0 Å². The van der Waals surface area contributed by atoms with Crippen molar-refractivity contribution in [1.82, 2.24) is 4.90 Å². The van der Waals surface area contributed by atoms with Crippen LogP contribution in [-0.2, 0) is 4.79 Å². The van der Waals surface area contributed by atoms with E-state index >= 15 is 0 Å². The van der Waals surface area contributed by atoms with Crippen molar-refractivity contribution in [2.45, 2.75) is 51.2 Å². The van der Waals surface area contributed by atoms with Crippen molar-refractivity contribution in [2.24, 2.45) is 0 Å². The van der Waals surface area contributed by atoms with E-state index in [9.17, 15) is 9.90 Å². The second-order valence-corrected chi connectivity index (χ2v) is 7.45. The van der Waals surface area contributed by atoms with Crippen molar-refractivity contribution in [2.75, 3.05) is 6.54 Å². The van der Waals surface area contributed by atoms with E-state index in [1.165, 1.54) is 11.3 Å². The molecule has 0 spiro atoms. The molecule has 0 radical (unpaired) electrons. The molecule has 1 N–H and O–H groups in total. The maximum Gasteiger partial charge on any atom is 0.231 e. The number of likely N-dealkylation sites (tertiary alicyclic amines) is 1. The second kappa shape index (κ2) is 5.43. The zero-order valence-corrected chi connectivity index (χ0v) is 13.1. The molecule has 2 rings (SSSR count). The second-order valence-electron chi connectivity index (χ2n) is 5.71. The summed E-state index contributed by atoms with van der Waals surface area (Å²) in [4.78, 5) is 15.4. The third kappa shape index (κ3) is 3.12. The lowest BCUT2D eigenvalue weighted by atomic mass is 9.95. The number of aliphatic hydroxyl groups is 1. The minimum absolute atomic E-state index is 0.0853. The third-order valence-electron chi connectivity index (χ3n) is 3.74. The minimum atomic E-state index is -0.848. The van der Waals surface area contributed by atoms with E-state index < -0.39 is 5.60 Å². The Bertz CT molecular complexity index is 466. The van der Waals surface area contributed by atoms with Gasteiger partial charge in [0.15, 0.2) is 0 Å². The summed E-state index contributed by atoms with van der Waals surface area (Å²) in [5.74, 6) is -0.108. The van der Waals surface area contributed by atoms with Crippen molar-refractivity contribution in [3.8, 4) is 0 Å². The van der Waals surface area contributed by atoms with Crippen LogP contribution in [-0.4, -0.2) is 34.1 Å². The van der Waals surface area contributed by atoms with Crippen molar-refractivity contribution >= 4 is 28.8 Å². The Morgan fingerprint density at radius 2 is 2.26 bits per heavy atom. The standard InChI is InChI=1S/C14H20ClNO2S/c1-9(10-6-7-12(15)19-10)13(17)16-8-4-5-11(16)14(2,3)18/h6-7,9,11,18H,4-5,8H2,1-3H3. The first-order valence-electron chi connectivity index (χ1n) is 6.59. The van der Waals surface area contributed by atoms with Crippen LogP contribution < -0.4 is 0 Å². The van der Waals surface area contributed by atoms with Gasteiger partial charge in [0.2, 0.25) is 5.91 Å². The monoisotopic (exact) mass is 301 g/mol. The lowest BCUT2D eigenvalue weighted by molar-refractivity contribution is -0.137. The van der Waals surface area contributed by atoms with Crippen molar-refractivity contribution in [3.05, 3.63) is 21.3 Å². The fourth-order valence-electron chi connectivity index (χ4n) is 2.70. The SMILES string of the molecule is CC(C(=O)N1CCCC1C(C)(C)O)c1ccc(Cl)s1. The molecule has 2 unspecified atom stereocenters. The normalized spacial score (nSPS) is 21.7. The molecule has 3 nitrogen and oxygen atoms in total. The zero-order valence-electron chi connectivity index (χ0n) is 11.5. The molecule has 0 bridgehead atoms. The van der Waals surface area contributed by atoms with Gasteiger partial charge in [-0.3, -0.25) is 4.79 Å². The Morgan fingerprint density at radius 1 is 1.58 bits per heavy atom. The maximum absolute atomic E-state index is 12.6. The summed E-state index contributed by atoms with van der Waals surface area (Å²) in [7, 11) is 0. The summed E-state index contributed by atoms with van der Waals surface area (Å²) in [5, 5.41) is 10.2. The Morgan fingerprint density at radius 3 is 2.79 bits per heavy atom. The predicted octanol–water partition coefficient (Wildman–Crippen LogP) is 3.27. The summed E-state index contributed by atoms with van der Waals surface area (Å²) < 4.78 is 0.704. The number of thiophene rings is 1. The number of amides is 1. The van der Waals surface area contributed by atoms with E-state index in [-0.39, 0.29) is 17.9 Å². The van der Waals surface area contributed by atoms with Crippen molar-refractivity contribution < 1.29 is 9.90 Å². The highest BCUT2D eigenvalue weighted by atomic mass is 35.5. The Labute approximate surface area is 123 Å². The summed E-state index contributed by atoms with van der Waals surface area (Å²) in [6.45, 7) is 6.19. The average molecular weight is 302 g/mol. The van der Waals surface area contributed by atoms with E-state index in [0.717, 1.165) is 24.3 Å². The van der Waals surface area contributed by atoms with Gasteiger partial charge in [-0.15, -0.1) is 11.3 Å². The van der Waals surface area contributed by atoms with Crippen LogP contribution in [0, 0.1) is 0 Å². The van der Waals surface area contributed by atoms with Gasteiger partial charge in [0.1, 0.15) is 0 Å². The number of hydrogen-bond donors (Lipinski definition) is 1. The molecule has 2 atom stereocenters. The quantitative estimate of drug-likeness (QED) is 0.931. The highest BCUT2D eigenvalue weighted by molar-refractivity contribution is 7.16. The molecule has 2 heterocycles. The number of nitrogens with zero attached hydrogens (tertiary/aromatic N) is 1. The first-order valence-corrected chi connectivity index (χ1v) is 7.78. The molecule has 5 heteroatoms. The van der Waals surface area contributed by atoms with E-state index in [2.05, 4.69) is 0 Å². The van der Waals surface area contributed by atoms with Gasteiger partial charge < -0.3 is 10.0 Å². The van der Waals surface area contributed by atoms with E-state index in [4.69, 9.17) is 11.6 Å². The highest BCUT2D eigenvalue weighted by Gasteiger charge is 2.40. The molecular weight excluding hydrogens is 282 g/mol. The molecule has 1 aromatic heterocycles. The fourth-order valence-corrected chi connectivity index (χ4v) is 3.80. The molecule has 1 aliphatic heterocycles. The van der Waals surface area contributed by atoms with Crippen LogP contribution in [0.2, 0.25) is 4.34 Å². The Kier molecular flexibility index (Phi) is 4.23. The molecule has 0 aliphatic carbocycles. The van der Waals surface area contributed by atoms with Crippen molar-refractivity contribution in [1.29, 1.82) is 0 Å². The first kappa shape index (κ1) is 14.8. The molecule has 19 heavy (non-hydrogen) atoms. The molecule has 1 fully saturated rings. The number of halogens is 1. The average Bonchev–Trinajstić information content (AvgIpc) is 2.94. The van der Waals surface area contributed by atoms with Gasteiger partial charge in [0, 0.05) is 11.4 Å². The van der Waals surface area contributed by atoms with Gasteiger partial charge in [-0.05, 0) is 45.7 Å². The first-order chi connectivity index (χ1) is 8.80. The zero-order chi connectivity index (χ0) is 14.2. The van der Waals surface area contributed by atoms with Gasteiger partial charge >= 0.3 is 0 Å². The van der Waals surface area contributed by atoms with Crippen LogP contribution in [0.15, 0.2) is 12.1 Å². The van der Waals surface area contributed by atoms with E-state index in [1.807, 2.05) is 24.0 Å². The molecule has 1 aromatic rings. The fraction of sp³-hybridized carbons (Fsp3) is 0.643.